The molecule has 0 saturated carbocycles. The summed E-state index contributed by atoms with van der Waals surface area (Å²) in [6.07, 6.45) is 0. The molecule has 2 aromatic heterocycles. The van der Waals surface area contributed by atoms with E-state index in [-0.39, 0.29) is 5.56 Å². The van der Waals surface area contributed by atoms with Gasteiger partial charge in [-0.25, -0.2) is 5.10 Å². The van der Waals surface area contributed by atoms with Crippen LogP contribution in [0.2, 0.25) is 5.02 Å². The van der Waals surface area contributed by atoms with Crippen LogP contribution in [0.4, 0.5) is 11.6 Å². The minimum Gasteiger partial charge on any atom is -0.496 e. The number of ether oxygens (including phenoxy) is 1. The van der Waals surface area contributed by atoms with Crippen LogP contribution in [0, 0.1) is 0 Å². The van der Waals surface area contributed by atoms with Crippen molar-refractivity contribution in [3.63, 3.8) is 0 Å². The fraction of sp³-hybridized carbons (Fsp3) is 0.105. The van der Waals surface area contributed by atoms with E-state index in [1.807, 2.05) is 36.4 Å². The molecule has 144 valence electrons. The average Bonchev–Trinajstić information content (AvgIpc) is 3.22. The zero-order valence-electron chi connectivity index (χ0n) is 15.1. The highest BCUT2D eigenvalue weighted by Gasteiger charge is 2.35. The van der Waals surface area contributed by atoms with E-state index in [1.54, 1.807) is 23.9 Å². The molecule has 9 nitrogen and oxygen atoms in total. The van der Waals surface area contributed by atoms with E-state index < -0.39 is 6.04 Å². The van der Waals surface area contributed by atoms with Gasteiger partial charge in [0.25, 0.3) is 5.56 Å². The Labute approximate surface area is 169 Å². The van der Waals surface area contributed by atoms with Crippen LogP contribution < -0.4 is 15.6 Å². The zero-order valence-corrected chi connectivity index (χ0v) is 15.9. The number of rotatable bonds is 3. The molecule has 10 heteroatoms. The number of fused-ring (bicyclic) bond motifs is 2. The third-order valence-electron chi connectivity index (χ3n) is 4.82. The summed E-state index contributed by atoms with van der Waals surface area (Å²) in [7, 11) is 1.59. The van der Waals surface area contributed by atoms with E-state index in [2.05, 4.69) is 31.0 Å². The molecule has 1 atom stereocenters. The number of para-hydroxylation sites is 1. The van der Waals surface area contributed by atoms with Gasteiger partial charge < -0.3 is 10.1 Å². The third-order valence-corrected chi connectivity index (χ3v) is 5.07. The minimum absolute atomic E-state index is 0.336. The molecule has 0 spiro atoms. The van der Waals surface area contributed by atoms with Gasteiger partial charge in [0.1, 0.15) is 17.5 Å². The predicted molar refractivity (Wildman–Crippen MR) is 107 cm³/mol. The summed E-state index contributed by atoms with van der Waals surface area (Å²) >= 11 is 6.05. The van der Waals surface area contributed by atoms with Crippen molar-refractivity contribution in [1.29, 1.82) is 0 Å². The molecule has 0 unspecified atom stereocenters. The van der Waals surface area contributed by atoms with Crippen LogP contribution in [0.1, 0.15) is 17.2 Å². The summed E-state index contributed by atoms with van der Waals surface area (Å²) in [4.78, 5) is 12.7. The number of nitrogens with one attached hydrogen (secondary N) is 2. The first kappa shape index (κ1) is 17.4. The van der Waals surface area contributed by atoms with E-state index in [4.69, 9.17) is 16.3 Å². The topological polar surface area (TPSA) is 111 Å². The van der Waals surface area contributed by atoms with Crippen molar-refractivity contribution < 1.29 is 4.74 Å². The molecule has 3 heterocycles. The Kier molecular flexibility index (Phi) is 4.02. The van der Waals surface area contributed by atoms with Crippen molar-refractivity contribution in [3.8, 4) is 17.0 Å². The van der Waals surface area contributed by atoms with E-state index in [9.17, 15) is 4.79 Å². The maximum Gasteiger partial charge on any atom is 0.288 e. The van der Waals surface area contributed by atoms with E-state index in [1.165, 1.54) is 0 Å². The van der Waals surface area contributed by atoms with Gasteiger partial charge in [-0.05, 0) is 28.6 Å². The van der Waals surface area contributed by atoms with Crippen molar-refractivity contribution in [1.82, 2.24) is 30.4 Å². The first-order valence-corrected chi connectivity index (χ1v) is 9.11. The molecule has 2 N–H and O–H groups in total. The van der Waals surface area contributed by atoms with Crippen molar-refractivity contribution in [2.45, 2.75) is 6.04 Å². The molecular weight excluding hydrogens is 394 g/mol. The number of H-pyrrole nitrogens is 1. The van der Waals surface area contributed by atoms with Gasteiger partial charge in [0.05, 0.1) is 12.8 Å². The van der Waals surface area contributed by atoms with Crippen LogP contribution in [0.25, 0.3) is 11.3 Å². The molecular formula is C19H14ClN7O2. The Morgan fingerprint density at radius 3 is 2.72 bits per heavy atom. The molecule has 0 amide bonds. The van der Waals surface area contributed by atoms with Gasteiger partial charge in [-0.3, -0.25) is 4.79 Å². The molecule has 0 radical (unpaired) electrons. The summed E-state index contributed by atoms with van der Waals surface area (Å²) in [6, 6.07) is 14.2. The van der Waals surface area contributed by atoms with Gasteiger partial charge in [0.15, 0.2) is 0 Å². The number of tetrazole rings is 1. The number of nitrogens with zero attached hydrogens (tertiary/aromatic N) is 5. The average molecular weight is 408 g/mol. The molecule has 2 aromatic carbocycles. The quantitative estimate of drug-likeness (QED) is 0.473. The number of aromatic nitrogens is 6. The van der Waals surface area contributed by atoms with Crippen LogP contribution in [0.15, 0.2) is 53.3 Å². The molecule has 0 saturated heterocycles. The summed E-state index contributed by atoms with van der Waals surface area (Å²) in [5, 5.41) is 22.4. The number of benzene rings is 2. The third kappa shape index (κ3) is 2.74. The van der Waals surface area contributed by atoms with Gasteiger partial charge in [0.2, 0.25) is 5.95 Å². The monoisotopic (exact) mass is 407 g/mol. The molecule has 5 rings (SSSR count). The van der Waals surface area contributed by atoms with Crippen molar-refractivity contribution >= 4 is 23.2 Å². The SMILES string of the molecule is COc1ccccc1[C@@H]1c2c(-c3ccc(Cl)cc3)n[nH]c(=O)c2Nc2nnnn21. The Bertz CT molecular complexity index is 1270. The van der Waals surface area contributed by atoms with Crippen LogP contribution in [-0.4, -0.2) is 37.5 Å². The van der Waals surface area contributed by atoms with Crippen molar-refractivity contribution in [3.05, 3.63) is 75.0 Å². The number of halogens is 1. The van der Waals surface area contributed by atoms with Crippen LogP contribution in [0.3, 0.4) is 0 Å². The zero-order chi connectivity index (χ0) is 20.0. The highest BCUT2D eigenvalue weighted by atomic mass is 35.5. The lowest BCUT2D eigenvalue weighted by Gasteiger charge is -2.28. The number of anilines is 2. The van der Waals surface area contributed by atoms with Gasteiger partial charge in [-0.2, -0.15) is 9.78 Å². The Morgan fingerprint density at radius 2 is 1.93 bits per heavy atom. The highest BCUT2D eigenvalue weighted by Crippen LogP contribution is 2.43. The lowest BCUT2D eigenvalue weighted by molar-refractivity contribution is 0.402. The molecule has 0 bridgehead atoms. The van der Waals surface area contributed by atoms with Gasteiger partial charge >= 0.3 is 0 Å². The second kappa shape index (κ2) is 6.71. The Hall–Kier alpha value is -3.72. The van der Waals surface area contributed by atoms with Crippen molar-refractivity contribution in [2.24, 2.45) is 0 Å². The standard InChI is InChI=1S/C19H14ClN7O2/c1-29-13-5-3-2-4-12(13)17-14-15(10-6-8-11(20)9-7-10)22-23-18(28)16(14)21-19-24-25-26-27(17)19/h2-9,17H,1H3,(H,23,28)(H,21,24,26)/t17-/m1/s1. The maximum absolute atomic E-state index is 12.7. The van der Waals surface area contributed by atoms with Crippen molar-refractivity contribution in [2.75, 3.05) is 12.4 Å². The van der Waals surface area contributed by atoms with Crippen LogP contribution in [-0.2, 0) is 0 Å². The Balaban J connectivity index is 1.84. The lowest BCUT2D eigenvalue weighted by atomic mass is 9.92. The van der Waals surface area contributed by atoms with E-state index in [0.29, 0.717) is 33.7 Å². The summed E-state index contributed by atoms with van der Waals surface area (Å²) < 4.78 is 7.18. The molecule has 4 aromatic rings. The van der Waals surface area contributed by atoms with Gasteiger partial charge in [0, 0.05) is 21.7 Å². The summed E-state index contributed by atoms with van der Waals surface area (Å²) in [5.41, 5.74) is 2.78. The number of aromatic amines is 1. The number of hydrogen-bond acceptors (Lipinski definition) is 7. The molecule has 0 aliphatic carbocycles. The largest absolute Gasteiger partial charge is 0.496 e. The normalized spacial score (nSPS) is 14.6. The predicted octanol–water partition coefficient (Wildman–Crippen LogP) is 2.78. The molecule has 1 aliphatic rings. The second-order valence-corrected chi connectivity index (χ2v) is 6.85. The number of hydrogen-bond donors (Lipinski definition) is 2. The Morgan fingerprint density at radius 1 is 1.14 bits per heavy atom. The molecule has 0 fully saturated rings. The summed E-state index contributed by atoms with van der Waals surface area (Å²) in [6.45, 7) is 0. The highest BCUT2D eigenvalue weighted by molar-refractivity contribution is 6.30. The number of methoxy groups -OCH3 is 1. The summed E-state index contributed by atoms with van der Waals surface area (Å²) in [5.74, 6) is 1.00. The second-order valence-electron chi connectivity index (χ2n) is 6.41. The van der Waals surface area contributed by atoms with Crippen LogP contribution in [0.5, 0.6) is 5.75 Å². The fourth-order valence-corrected chi connectivity index (χ4v) is 3.67. The van der Waals surface area contributed by atoms with E-state index >= 15 is 0 Å². The van der Waals surface area contributed by atoms with Gasteiger partial charge in [-0.15, -0.1) is 0 Å². The first-order valence-electron chi connectivity index (χ1n) is 8.73. The van der Waals surface area contributed by atoms with Gasteiger partial charge in [-0.1, -0.05) is 47.0 Å². The maximum atomic E-state index is 12.7. The smallest absolute Gasteiger partial charge is 0.288 e. The first-order chi connectivity index (χ1) is 14.2. The minimum atomic E-state index is -0.520. The molecule has 1 aliphatic heterocycles. The molecule has 29 heavy (non-hydrogen) atoms. The van der Waals surface area contributed by atoms with Crippen LogP contribution >= 0.6 is 11.6 Å². The van der Waals surface area contributed by atoms with E-state index in [0.717, 1.165) is 11.1 Å². The lowest BCUT2D eigenvalue weighted by Crippen LogP contribution is -2.29. The fourth-order valence-electron chi connectivity index (χ4n) is 3.55.